The lowest BCUT2D eigenvalue weighted by Crippen LogP contribution is -2.45. The largest absolute Gasteiger partial charge is 0.415 e. The van der Waals surface area contributed by atoms with Crippen molar-refractivity contribution in [1.29, 1.82) is 0 Å². The molecule has 0 aliphatic carbocycles. The highest BCUT2D eigenvalue weighted by atomic mass is 19.1. The molecule has 1 aromatic rings. The van der Waals surface area contributed by atoms with E-state index in [1.807, 2.05) is 0 Å². The van der Waals surface area contributed by atoms with E-state index < -0.39 is 0 Å². The lowest BCUT2D eigenvalue weighted by molar-refractivity contribution is 0.132. The molecule has 96 valence electrons. The Kier molecular flexibility index (Phi) is 2.91. The minimum Gasteiger partial charge on any atom is -0.410 e. The van der Waals surface area contributed by atoms with Crippen LogP contribution >= 0.6 is 0 Å². The number of fused-ring (bicyclic) bond motifs is 2. The molecule has 2 aliphatic rings. The second-order valence-corrected chi connectivity index (χ2v) is 4.93. The van der Waals surface area contributed by atoms with Crippen molar-refractivity contribution < 1.29 is 13.9 Å². The van der Waals surface area contributed by atoms with Gasteiger partial charge in [-0.1, -0.05) is 0 Å². The number of piperidine rings is 1. The molecule has 0 saturated carbocycles. The Morgan fingerprint density at radius 1 is 1.33 bits per heavy atom. The lowest BCUT2D eigenvalue weighted by Gasteiger charge is -2.30. The zero-order valence-corrected chi connectivity index (χ0v) is 9.93. The first-order valence-corrected chi connectivity index (χ1v) is 6.16. The molecule has 0 aromatic heterocycles. The molecule has 2 aliphatic heterocycles. The molecule has 4 nitrogen and oxygen atoms in total. The van der Waals surface area contributed by atoms with E-state index >= 15 is 0 Å². The van der Waals surface area contributed by atoms with Gasteiger partial charge < -0.3 is 15.0 Å². The van der Waals surface area contributed by atoms with Gasteiger partial charge in [-0.2, -0.15) is 0 Å². The van der Waals surface area contributed by atoms with Crippen LogP contribution in [0.15, 0.2) is 24.3 Å². The van der Waals surface area contributed by atoms with Gasteiger partial charge in [0.05, 0.1) is 0 Å². The molecule has 2 saturated heterocycles. The predicted molar refractivity (Wildman–Crippen MR) is 63.9 cm³/mol. The summed E-state index contributed by atoms with van der Waals surface area (Å²) in [6.45, 7) is 2.41. The highest BCUT2D eigenvalue weighted by molar-refractivity contribution is 5.71. The number of hydrogen-bond donors (Lipinski definition) is 1. The Balaban J connectivity index is 1.63. The van der Waals surface area contributed by atoms with Gasteiger partial charge in [-0.05, 0) is 36.6 Å². The van der Waals surface area contributed by atoms with Crippen LogP contribution in [0.5, 0.6) is 5.75 Å². The number of halogens is 1. The van der Waals surface area contributed by atoms with E-state index in [2.05, 4.69) is 5.32 Å². The second-order valence-electron chi connectivity index (χ2n) is 4.93. The summed E-state index contributed by atoms with van der Waals surface area (Å²) in [4.78, 5) is 13.7. The molecule has 3 rings (SSSR count). The summed E-state index contributed by atoms with van der Waals surface area (Å²) in [7, 11) is 0. The van der Waals surface area contributed by atoms with E-state index in [4.69, 9.17) is 4.74 Å². The summed E-state index contributed by atoms with van der Waals surface area (Å²) in [6, 6.07) is 5.88. The van der Waals surface area contributed by atoms with Crippen molar-refractivity contribution in [2.75, 3.05) is 19.6 Å². The van der Waals surface area contributed by atoms with Crippen LogP contribution in [0.1, 0.15) is 6.42 Å². The van der Waals surface area contributed by atoms with Gasteiger partial charge in [0.15, 0.2) is 0 Å². The first-order valence-electron chi connectivity index (χ1n) is 6.16. The van der Waals surface area contributed by atoms with Gasteiger partial charge >= 0.3 is 6.09 Å². The Morgan fingerprint density at radius 2 is 2.11 bits per heavy atom. The lowest BCUT2D eigenvalue weighted by atomic mass is 10.0. The number of carbonyl (C=O) groups is 1. The van der Waals surface area contributed by atoms with Crippen molar-refractivity contribution in [2.24, 2.45) is 5.92 Å². The number of amides is 1. The maximum Gasteiger partial charge on any atom is 0.415 e. The summed E-state index contributed by atoms with van der Waals surface area (Å²) in [5.41, 5.74) is 0. The van der Waals surface area contributed by atoms with Gasteiger partial charge in [-0.25, -0.2) is 9.18 Å². The highest BCUT2D eigenvalue weighted by Crippen LogP contribution is 2.23. The molecule has 5 heteroatoms. The van der Waals surface area contributed by atoms with Crippen molar-refractivity contribution in [3.05, 3.63) is 30.1 Å². The Hall–Kier alpha value is -1.62. The van der Waals surface area contributed by atoms with Gasteiger partial charge in [-0.15, -0.1) is 0 Å². The number of likely N-dealkylation sites (tertiary alicyclic amines) is 1. The van der Waals surface area contributed by atoms with Gasteiger partial charge in [0.25, 0.3) is 0 Å². The van der Waals surface area contributed by atoms with Crippen molar-refractivity contribution in [3.8, 4) is 5.75 Å². The van der Waals surface area contributed by atoms with Crippen LogP contribution in [0.3, 0.4) is 0 Å². The molecular weight excluding hydrogens is 235 g/mol. The zero-order chi connectivity index (χ0) is 12.5. The van der Waals surface area contributed by atoms with Gasteiger partial charge in [-0.3, -0.25) is 0 Å². The average Bonchev–Trinajstić information content (AvgIpc) is 2.71. The molecule has 2 bridgehead atoms. The van der Waals surface area contributed by atoms with Crippen LogP contribution in [0.4, 0.5) is 9.18 Å². The number of nitrogens with zero attached hydrogens (tertiary/aromatic N) is 1. The number of ether oxygens (including phenoxy) is 1. The van der Waals surface area contributed by atoms with Crippen molar-refractivity contribution in [2.45, 2.75) is 12.5 Å². The summed E-state index contributed by atoms with van der Waals surface area (Å²) >= 11 is 0. The van der Waals surface area contributed by atoms with Crippen LogP contribution in [0.2, 0.25) is 0 Å². The SMILES string of the molecule is O=C(Oc1ccc(F)cc1)N1C[C@H]2CN[C@H](C2)C1. The van der Waals surface area contributed by atoms with Crippen LogP contribution in [0, 0.1) is 11.7 Å². The fraction of sp³-hybridized carbons (Fsp3) is 0.462. The molecule has 1 aromatic carbocycles. The monoisotopic (exact) mass is 250 g/mol. The van der Waals surface area contributed by atoms with Crippen LogP contribution in [-0.4, -0.2) is 36.7 Å². The molecule has 1 amide bonds. The van der Waals surface area contributed by atoms with Gasteiger partial charge in [0.2, 0.25) is 0 Å². The summed E-state index contributed by atoms with van der Waals surface area (Å²) in [5, 5.41) is 3.38. The van der Waals surface area contributed by atoms with Crippen LogP contribution < -0.4 is 10.1 Å². The highest BCUT2D eigenvalue weighted by Gasteiger charge is 2.35. The van der Waals surface area contributed by atoms with Crippen LogP contribution in [-0.2, 0) is 0 Å². The topological polar surface area (TPSA) is 41.6 Å². The van der Waals surface area contributed by atoms with Crippen LogP contribution in [0.25, 0.3) is 0 Å². The molecule has 2 atom stereocenters. The third-order valence-corrected chi connectivity index (χ3v) is 3.51. The fourth-order valence-electron chi connectivity index (χ4n) is 2.65. The molecule has 0 spiro atoms. The summed E-state index contributed by atoms with van der Waals surface area (Å²) in [5.74, 6) is 0.576. The zero-order valence-electron chi connectivity index (χ0n) is 9.93. The number of hydrogen-bond acceptors (Lipinski definition) is 3. The first-order chi connectivity index (χ1) is 8.70. The predicted octanol–water partition coefficient (Wildman–Crippen LogP) is 1.62. The smallest absolute Gasteiger partial charge is 0.410 e. The molecule has 0 unspecified atom stereocenters. The minimum absolute atomic E-state index is 0.338. The first kappa shape index (κ1) is 11.5. The molecule has 1 N–H and O–H groups in total. The Bertz CT molecular complexity index is 437. The summed E-state index contributed by atoms with van der Waals surface area (Å²) in [6.07, 6.45) is 0.792. The molecule has 0 radical (unpaired) electrons. The third kappa shape index (κ3) is 2.31. The Morgan fingerprint density at radius 3 is 2.83 bits per heavy atom. The molecule has 2 heterocycles. The molecular formula is C13H15FN2O2. The van der Waals surface area contributed by atoms with E-state index in [9.17, 15) is 9.18 Å². The van der Waals surface area contributed by atoms with E-state index in [0.29, 0.717) is 24.3 Å². The van der Waals surface area contributed by atoms with Crippen molar-refractivity contribution in [1.82, 2.24) is 10.2 Å². The maximum absolute atomic E-state index is 12.7. The number of carbonyl (C=O) groups excluding carboxylic acids is 1. The van der Waals surface area contributed by atoms with E-state index in [-0.39, 0.29) is 11.9 Å². The Labute approximate surface area is 105 Å². The van der Waals surface area contributed by atoms with Crippen molar-refractivity contribution in [3.63, 3.8) is 0 Å². The average molecular weight is 250 g/mol. The fourth-order valence-corrected chi connectivity index (χ4v) is 2.65. The third-order valence-electron chi connectivity index (χ3n) is 3.51. The normalized spacial score (nSPS) is 26.2. The van der Waals surface area contributed by atoms with Gasteiger partial charge in [0.1, 0.15) is 11.6 Å². The summed E-state index contributed by atoms with van der Waals surface area (Å²) < 4.78 is 18.0. The van der Waals surface area contributed by atoms with E-state index in [1.54, 1.807) is 4.90 Å². The second kappa shape index (κ2) is 4.57. The maximum atomic E-state index is 12.7. The quantitative estimate of drug-likeness (QED) is 0.823. The van der Waals surface area contributed by atoms with E-state index in [0.717, 1.165) is 19.5 Å². The van der Waals surface area contributed by atoms with Gasteiger partial charge in [0, 0.05) is 25.7 Å². The minimum atomic E-state index is -0.347. The molecule has 18 heavy (non-hydrogen) atoms. The number of benzene rings is 1. The van der Waals surface area contributed by atoms with Crippen molar-refractivity contribution >= 4 is 6.09 Å². The van der Waals surface area contributed by atoms with E-state index in [1.165, 1.54) is 24.3 Å². The standard InChI is InChI=1S/C13H15FN2O2/c14-10-1-3-12(4-2-10)18-13(17)16-7-9-5-11(8-16)15-6-9/h1-4,9,11,15H,5-8H2/t9-,11-/m1/s1. The number of nitrogens with one attached hydrogen (secondary N) is 1. The molecule has 2 fully saturated rings. The number of rotatable bonds is 1.